The monoisotopic (exact) mass is 342 g/mol. The predicted molar refractivity (Wildman–Crippen MR) is 106 cm³/mol. The van der Waals surface area contributed by atoms with Gasteiger partial charge in [-0.1, -0.05) is 35.8 Å². The van der Waals surface area contributed by atoms with E-state index in [1.807, 2.05) is 72.8 Å². The van der Waals surface area contributed by atoms with E-state index in [0.717, 1.165) is 32.0 Å². The summed E-state index contributed by atoms with van der Waals surface area (Å²) in [5.74, 6) is 12.6. The van der Waals surface area contributed by atoms with Gasteiger partial charge < -0.3 is 0 Å². The molecule has 2 heteroatoms. The van der Waals surface area contributed by atoms with Crippen LogP contribution >= 0.6 is 25.3 Å². The summed E-state index contributed by atoms with van der Waals surface area (Å²) < 4.78 is 0. The molecule has 0 radical (unpaired) electrons. The summed E-state index contributed by atoms with van der Waals surface area (Å²) in [7, 11) is 0. The molecule has 0 saturated carbocycles. The molecule has 0 aromatic heterocycles. The lowest BCUT2D eigenvalue weighted by Crippen LogP contribution is -1.79. The van der Waals surface area contributed by atoms with Gasteiger partial charge in [0.15, 0.2) is 0 Å². The molecule has 0 nitrogen and oxygen atoms in total. The SMILES string of the molecule is Sc1cccc(C#Cc2ccc(C#Cc3cccc(S)c3)cc2)c1. The van der Waals surface area contributed by atoms with E-state index in [1.165, 1.54) is 0 Å². The van der Waals surface area contributed by atoms with E-state index in [4.69, 9.17) is 0 Å². The van der Waals surface area contributed by atoms with Crippen LogP contribution in [0.3, 0.4) is 0 Å². The lowest BCUT2D eigenvalue weighted by atomic mass is 10.1. The Morgan fingerprint density at radius 3 is 1.21 bits per heavy atom. The van der Waals surface area contributed by atoms with E-state index in [-0.39, 0.29) is 0 Å². The molecule has 3 rings (SSSR count). The van der Waals surface area contributed by atoms with Crippen LogP contribution in [0.15, 0.2) is 82.6 Å². The third-order valence-corrected chi connectivity index (χ3v) is 3.84. The molecule has 0 aliphatic heterocycles. The maximum Gasteiger partial charge on any atom is 0.0260 e. The van der Waals surface area contributed by atoms with Crippen molar-refractivity contribution in [3.63, 3.8) is 0 Å². The molecule has 24 heavy (non-hydrogen) atoms. The van der Waals surface area contributed by atoms with Crippen molar-refractivity contribution in [1.29, 1.82) is 0 Å². The Morgan fingerprint density at radius 2 is 0.833 bits per heavy atom. The summed E-state index contributed by atoms with van der Waals surface area (Å²) in [5.41, 5.74) is 3.83. The lowest BCUT2D eigenvalue weighted by Gasteiger charge is -1.94. The number of thiol groups is 2. The molecule has 0 N–H and O–H groups in total. The molecular weight excluding hydrogens is 328 g/mol. The van der Waals surface area contributed by atoms with Gasteiger partial charge in [-0.05, 0) is 60.7 Å². The Kier molecular flexibility index (Phi) is 5.34. The molecule has 0 aliphatic rings. The molecular formula is C22H14S2. The molecule has 0 bridgehead atoms. The second-order valence-corrected chi connectivity index (χ2v) is 6.21. The van der Waals surface area contributed by atoms with Gasteiger partial charge in [0, 0.05) is 32.0 Å². The molecule has 0 heterocycles. The number of rotatable bonds is 0. The van der Waals surface area contributed by atoms with Crippen molar-refractivity contribution in [2.24, 2.45) is 0 Å². The van der Waals surface area contributed by atoms with E-state index >= 15 is 0 Å². The van der Waals surface area contributed by atoms with Crippen molar-refractivity contribution in [1.82, 2.24) is 0 Å². The fourth-order valence-electron chi connectivity index (χ4n) is 2.09. The van der Waals surface area contributed by atoms with Crippen LogP contribution in [0.2, 0.25) is 0 Å². The first kappa shape index (κ1) is 16.3. The third kappa shape index (κ3) is 4.74. The highest BCUT2D eigenvalue weighted by Crippen LogP contribution is 2.09. The van der Waals surface area contributed by atoms with E-state index in [9.17, 15) is 0 Å². The average Bonchev–Trinajstić information content (AvgIpc) is 2.59. The van der Waals surface area contributed by atoms with Crippen molar-refractivity contribution in [2.75, 3.05) is 0 Å². The zero-order valence-corrected chi connectivity index (χ0v) is 14.6. The molecule has 0 spiro atoms. The Labute approximate surface area is 153 Å². The van der Waals surface area contributed by atoms with E-state index < -0.39 is 0 Å². The average molecular weight is 342 g/mol. The minimum atomic E-state index is 0.915. The minimum Gasteiger partial charge on any atom is -0.143 e. The fourth-order valence-corrected chi connectivity index (χ4v) is 2.54. The van der Waals surface area contributed by atoms with Crippen LogP contribution in [0.1, 0.15) is 22.3 Å². The summed E-state index contributed by atoms with van der Waals surface area (Å²) in [6.07, 6.45) is 0. The van der Waals surface area contributed by atoms with Crippen LogP contribution in [0, 0.1) is 23.7 Å². The second-order valence-electron chi connectivity index (χ2n) is 5.18. The highest BCUT2D eigenvalue weighted by atomic mass is 32.1. The van der Waals surface area contributed by atoms with Crippen molar-refractivity contribution in [3.8, 4) is 23.7 Å². The third-order valence-electron chi connectivity index (χ3n) is 3.28. The lowest BCUT2D eigenvalue weighted by molar-refractivity contribution is 1.45. The van der Waals surface area contributed by atoms with Gasteiger partial charge in [-0.15, -0.1) is 25.3 Å². The molecule has 3 aromatic rings. The Bertz CT molecular complexity index is 895. The summed E-state index contributed by atoms with van der Waals surface area (Å²) in [4.78, 5) is 1.83. The number of hydrogen-bond acceptors (Lipinski definition) is 2. The molecule has 114 valence electrons. The quantitative estimate of drug-likeness (QED) is 0.414. The topological polar surface area (TPSA) is 0 Å². The van der Waals surface area contributed by atoms with Gasteiger partial charge in [-0.2, -0.15) is 0 Å². The molecule has 0 aliphatic carbocycles. The van der Waals surface area contributed by atoms with Crippen molar-refractivity contribution in [2.45, 2.75) is 9.79 Å². The molecule has 0 fully saturated rings. The number of benzene rings is 3. The standard InChI is InChI=1S/C22H14S2/c23-21-5-1-3-19(15-21)13-11-17-7-9-18(10-8-17)12-14-20-4-2-6-22(24)16-20/h1-10,15-16,23-24H. The van der Waals surface area contributed by atoms with Crippen LogP contribution in [0.4, 0.5) is 0 Å². The second kappa shape index (κ2) is 7.84. The first-order valence-corrected chi connectivity index (χ1v) is 8.31. The summed E-state index contributed by atoms with van der Waals surface area (Å²) in [5, 5.41) is 0. The molecule has 0 amide bonds. The largest absolute Gasteiger partial charge is 0.143 e. The Hall–Kier alpha value is -2.52. The van der Waals surface area contributed by atoms with Gasteiger partial charge >= 0.3 is 0 Å². The Balaban J connectivity index is 1.75. The van der Waals surface area contributed by atoms with E-state index in [2.05, 4.69) is 48.9 Å². The van der Waals surface area contributed by atoms with Gasteiger partial charge in [0.1, 0.15) is 0 Å². The minimum absolute atomic E-state index is 0.915. The predicted octanol–water partition coefficient (Wildman–Crippen LogP) is 5.06. The maximum absolute atomic E-state index is 4.32. The van der Waals surface area contributed by atoms with Gasteiger partial charge in [-0.25, -0.2) is 0 Å². The zero-order valence-electron chi connectivity index (χ0n) is 12.8. The zero-order chi connectivity index (χ0) is 16.8. The van der Waals surface area contributed by atoms with Gasteiger partial charge in [0.25, 0.3) is 0 Å². The van der Waals surface area contributed by atoms with E-state index in [1.54, 1.807) is 0 Å². The van der Waals surface area contributed by atoms with Crippen LogP contribution in [0.25, 0.3) is 0 Å². The molecule has 0 atom stereocenters. The highest BCUT2D eigenvalue weighted by Gasteiger charge is 1.91. The van der Waals surface area contributed by atoms with Crippen molar-refractivity contribution < 1.29 is 0 Å². The first-order valence-electron chi connectivity index (χ1n) is 7.41. The summed E-state index contributed by atoms with van der Waals surface area (Å²) >= 11 is 8.64. The highest BCUT2D eigenvalue weighted by molar-refractivity contribution is 7.80. The van der Waals surface area contributed by atoms with Crippen LogP contribution < -0.4 is 0 Å². The normalized spacial score (nSPS) is 9.42. The summed E-state index contributed by atoms with van der Waals surface area (Å²) in [6.45, 7) is 0. The number of hydrogen-bond donors (Lipinski definition) is 2. The Morgan fingerprint density at radius 1 is 0.458 bits per heavy atom. The first-order chi connectivity index (χ1) is 11.7. The molecule has 0 unspecified atom stereocenters. The van der Waals surface area contributed by atoms with Gasteiger partial charge in [-0.3, -0.25) is 0 Å². The maximum atomic E-state index is 4.32. The van der Waals surface area contributed by atoms with Crippen LogP contribution in [-0.4, -0.2) is 0 Å². The fraction of sp³-hybridized carbons (Fsp3) is 0. The molecule has 0 saturated heterocycles. The van der Waals surface area contributed by atoms with E-state index in [0.29, 0.717) is 0 Å². The summed E-state index contributed by atoms with van der Waals surface area (Å²) in [6, 6.07) is 23.5. The molecule has 3 aromatic carbocycles. The smallest absolute Gasteiger partial charge is 0.0260 e. The van der Waals surface area contributed by atoms with Gasteiger partial charge in [0.05, 0.1) is 0 Å². The van der Waals surface area contributed by atoms with Crippen molar-refractivity contribution in [3.05, 3.63) is 95.1 Å². The van der Waals surface area contributed by atoms with Crippen LogP contribution in [-0.2, 0) is 0 Å². The van der Waals surface area contributed by atoms with Crippen LogP contribution in [0.5, 0.6) is 0 Å². The van der Waals surface area contributed by atoms with Gasteiger partial charge in [0.2, 0.25) is 0 Å². The van der Waals surface area contributed by atoms with Crippen molar-refractivity contribution >= 4 is 25.3 Å².